The molecule has 22 heavy (non-hydrogen) atoms. The Morgan fingerprint density at radius 3 is 2.73 bits per heavy atom. The van der Waals surface area contributed by atoms with Gasteiger partial charge in [0, 0.05) is 11.6 Å². The Morgan fingerprint density at radius 1 is 1.32 bits per heavy atom. The SMILES string of the molecule is CC[C@@H](C)[C@H](NC(=O)c1cnc2ccccc2c1)C(=O)OC. The first kappa shape index (κ1) is 15.9. The Balaban J connectivity index is 2.22. The molecule has 5 nitrogen and oxygen atoms in total. The maximum Gasteiger partial charge on any atom is 0.328 e. The maximum atomic E-state index is 12.4. The third kappa shape index (κ3) is 3.42. The van der Waals surface area contributed by atoms with Crippen molar-refractivity contribution in [2.45, 2.75) is 26.3 Å². The predicted octanol–water partition coefficient (Wildman–Crippen LogP) is 2.55. The van der Waals surface area contributed by atoms with Crippen LogP contribution in [0.5, 0.6) is 0 Å². The molecule has 0 bridgehead atoms. The molecular weight excluding hydrogens is 280 g/mol. The van der Waals surface area contributed by atoms with Crippen LogP contribution in [0, 0.1) is 5.92 Å². The van der Waals surface area contributed by atoms with Gasteiger partial charge in [-0.3, -0.25) is 9.78 Å². The normalized spacial score (nSPS) is 13.4. The van der Waals surface area contributed by atoms with Crippen LogP contribution in [0.2, 0.25) is 0 Å². The van der Waals surface area contributed by atoms with Crippen LogP contribution in [-0.2, 0) is 9.53 Å². The molecule has 1 amide bonds. The molecule has 0 radical (unpaired) electrons. The summed E-state index contributed by atoms with van der Waals surface area (Å²) in [6, 6.07) is 8.67. The van der Waals surface area contributed by atoms with E-state index in [2.05, 4.69) is 10.3 Å². The van der Waals surface area contributed by atoms with E-state index in [1.807, 2.05) is 38.1 Å². The molecule has 0 aliphatic carbocycles. The number of aromatic nitrogens is 1. The maximum absolute atomic E-state index is 12.4. The third-order valence-corrected chi connectivity index (χ3v) is 3.81. The number of benzene rings is 1. The van der Waals surface area contributed by atoms with Gasteiger partial charge in [0.25, 0.3) is 5.91 Å². The van der Waals surface area contributed by atoms with Gasteiger partial charge in [0.15, 0.2) is 0 Å². The number of pyridine rings is 1. The molecule has 116 valence electrons. The number of methoxy groups -OCH3 is 1. The van der Waals surface area contributed by atoms with E-state index in [1.54, 1.807) is 6.07 Å². The first-order chi connectivity index (χ1) is 10.6. The number of rotatable bonds is 5. The number of amides is 1. The van der Waals surface area contributed by atoms with Crippen molar-refractivity contribution in [3.8, 4) is 0 Å². The van der Waals surface area contributed by atoms with Gasteiger partial charge in [-0.1, -0.05) is 38.5 Å². The topological polar surface area (TPSA) is 68.3 Å². The summed E-state index contributed by atoms with van der Waals surface area (Å²) in [4.78, 5) is 28.5. The Morgan fingerprint density at radius 2 is 2.05 bits per heavy atom. The number of carbonyl (C=O) groups is 2. The highest BCUT2D eigenvalue weighted by molar-refractivity contribution is 5.99. The molecule has 0 spiro atoms. The second-order valence-electron chi connectivity index (χ2n) is 5.28. The zero-order valence-electron chi connectivity index (χ0n) is 13.0. The van der Waals surface area contributed by atoms with Gasteiger partial charge in [-0.05, 0) is 18.1 Å². The van der Waals surface area contributed by atoms with E-state index in [0.29, 0.717) is 5.56 Å². The van der Waals surface area contributed by atoms with Crippen LogP contribution in [-0.4, -0.2) is 30.0 Å². The highest BCUT2D eigenvalue weighted by Crippen LogP contribution is 2.14. The molecule has 1 aromatic heterocycles. The molecular formula is C17H20N2O3. The standard InChI is InChI=1S/C17H20N2O3/c1-4-11(2)15(17(21)22-3)19-16(20)13-9-12-7-5-6-8-14(12)18-10-13/h5-11,15H,4H2,1-3H3,(H,19,20)/t11-,15+/m1/s1. The van der Waals surface area contributed by atoms with Crippen LogP contribution in [0.4, 0.5) is 0 Å². The lowest BCUT2D eigenvalue weighted by Gasteiger charge is -2.21. The van der Waals surface area contributed by atoms with Gasteiger partial charge in [-0.2, -0.15) is 0 Å². The summed E-state index contributed by atoms with van der Waals surface area (Å²) in [6.07, 6.45) is 2.28. The van der Waals surface area contributed by atoms with Gasteiger partial charge in [0.2, 0.25) is 0 Å². The van der Waals surface area contributed by atoms with Crippen molar-refractivity contribution in [3.63, 3.8) is 0 Å². The van der Waals surface area contributed by atoms with Gasteiger partial charge in [0.05, 0.1) is 18.2 Å². The highest BCUT2D eigenvalue weighted by atomic mass is 16.5. The van der Waals surface area contributed by atoms with E-state index >= 15 is 0 Å². The van der Waals surface area contributed by atoms with Crippen molar-refractivity contribution in [2.75, 3.05) is 7.11 Å². The minimum Gasteiger partial charge on any atom is -0.467 e. The molecule has 0 saturated carbocycles. The minimum absolute atomic E-state index is 0.00943. The van der Waals surface area contributed by atoms with Crippen molar-refractivity contribution in [1.29, 1.82) is 0 Å². The minimum atomic E-state index is -0.658. The number of ether oxygens (including phenoxy) is 1. The molecule has 0 fully saturated rings. The smallest absolute Gasteiger partial charge is 0.328 e. The molecule has 2 rings (SSSR count). The summed E-state index contributed by atoms with van der Waals surface area (Å²) in [5, 5.41) is 3.63. The molecule has 2 aromatic rings. The van der Waals surface area contributed by atoms with E-state index in [9.17, 15) is 9.59 Å². The molecule has 5 heteroatoms. The summed E-state index contributed by atoms with van der Waals surface area (Å²) in [5.74, 6) is -0.768. The second kappa shape index (κ2) is 7.02. The van der Waals surface area contributed by atoms with E-state index < -0.39 is 12.0 Å². The number of hydrogen-bond donors (Lipinski definition) is 1. The van der Waals surface area contributed by atoms with Crippen LogP contribution in [0.3, 0.4) is 0 Å². The summed E-state index contributed by atoms with van der Waals surface area (Å²) in [5.41, 5.74) is 1.25. The van der Waals surface area contributed by atoms with Crippen LogP contribution in [0.15, 0.2) is 36.5 Å². The molecule has 1 aromatic carbocycles. The highest BCUT2D eigenvalue weighted by Gasteiger charge is 2.27. The van der Waals surface area contributed by atoms with Gasteiger partial charge >= 0.3 is 5.97 Å². The van der Waals surface area contributed by atoms with E-state index in [0.717, 1.165) is 17.3 Å². The Bertz CT molecular complexity index is 684. The monoisotopic (exact) mass is 300 g/mol. The summed E-state index contributed by atoms with van der Waals surface area (Å²) in [6.45, 7) is 3.87. The fraction of sp³-hybridized carbons (Fsp3) is 0.353. The summed E-state index contributed by atoms with van der Waals surface area (Å²) >= 11 is 0. The summed E-state index contributed by atoms with van der Waals surface area (Å²) < 4.78 is 4.77. The first-order valence-corrected chi connectivity index (χ1v) is 7.30. The van der Waals surface area contributed by atoms with E-state index in [1.165, 1.54) is 13.3 Å². The van der Waals surface area contributed by atoms with Gasteiger partial charge < -0.3 is 10.1 Å². The third-order valence-electron chi connectivity index (χ3n) is 3.81. The van der Waals surface area contributed by atoms with Crippen molar-refractivity contribution in [3.05, 3.63) is 42.1 Å². The molecule has 0 saturated heterocycles. The van der Waals surface area contributed by atoms with E-state index in [4.69, 9.17) is 4.74 Å². The van der Waals surface area contributed by atoms with Crippen LogP contribution >= 0.6 is 0 Å². The van der Waals surface area contributed by atoms with Gasteiger partial charge in [-0.25, -0.2) is 4.79 Å². The fourth-order valence-electron chi connectivity index (χ4n) is 2.22. The molecule has 0 unspecified atom stereocenters. The number of nitrogens with one attached hydrogen (secondary N) is 1. The predicted molar refractivity (Wildman–Crippen MR) is 84.5 cm³/mol. The van der Waals surface area contributed by atoms with Crippen molar-refractivity contribution >= 4 is 22.8 Å². The lowest BCUT2D eigenvalue weighted by atomic mass is 9.99. The molecule has 0 aliphatic rings. The number of fused-ring (bicyclic) bond motifs is 1. The first-order valence-electron chi connectivity index (χ1n) is 7.30. The Hall–Kier alpha value is -2.43. The van der Waals surface area contributed by atoms with Crippen LogP contribution in [0.1, 0.15) is 30.6 Å². The largest absolute Gasteiger partial charge is 0.467 e. The molecule has 1 N–H and O–H groups in total. The number of hydrogen-bond acceptors (Lipinski definition) is 4. The van der Waals surface area contributed by atoms with Crippen molar-refractivity contribution in [1.82, 2.24) is 10.3 Å². The van der Waals surface area contributed by atoms with Crippen LogP contribution < -0.4 is 5.32 Å². The Kier molecular flexibility index (Phi) is 5.09. The number of nitrogens with zero attached hydrogens (tertiary/aromatic N) is 1. The number of para-hydroxylation sites is 1. The molecule has 2 atom stereocenters. The lowest BCUT2D eigenvalue weighted by Crippen LogP contribution is -2.45. The molecule has 1 heterocycles. The molecule has 0 aliphatic heterocycles. The zero-order chi connectivity index (χ0) is 16.1. The van der Waals surface area contributed by atoms with Gasteiger partial charge in [0.1, 0.15) is 6.04 Å². The second-order valence-corrected chi connectivity index (χ2v) is 5.28. The number of esters is 1. The summed E-state index contributed by atoms with van der Waals surface area (Å²) in [7, 11) is 1.32. The van der Waals surface area contributed by atoms with Crippen molar-refractivity contribution in [2.24, 2.45) is 5.92 Å². The van der Waals surface area contributed by atoms with Crippen LogP contribution in [0.25, 0.3) is 10.9 Å². The van der Waals surface area contributed by atoms with Gasteiger partial charge in [-0.15, -0.1) is 0 Å². The average Bonchev–Trinajstić information content (AvgIpc) is 2.57. The lowest BCUT2D eigenvalue weighted by molar-refractivity contribution is -0.144. The Labute approximate surface area is 129 Å². The zero-order valence-corrected chi connectivity index (χ0v) is 13.0. The van der Waals surface area contributed by atoms with Crippen molar-refractivity contribution < 1.29 is 14.3 Å². The number of carbonyl (C=O) groups excluding carboxylic acids is 2. The van der Waals surface area contributed by atoms with E-state index in [-0.39, 0.29) is 11.8 Å². The fourth-order valence-corrected chi connectivity index (χ4v) is 2.22. The average molecular weight is 300 g/mol. The quantitative estimate of drug-likeness (QED) is 0.862.